The van der Waals surface area contributed by atoms with Crippen molar-refractivity contribution in [2.45, 2.75) is 6.42 Å². The number of hydrogen-bond donors (Lipinski definition) is 2. The first-order valence-corrected chi connectivity index (χ1v) is 8.65. The summed E-state index contributed by atoms with van der Waals surface area (Å²) in [5, 5.41) is 8.93. The molecule has 1 aromatic heterocycles. The molecule has 1 aromatic carbocycles. The minimum atomic E-state index is -1.05. The van der Waals surface area contributed by atoms with Gasteiger partial charge < -0.3 is 25.4 Å². The van der Waals surface area contributed by atoms with Crippen molar-refractivity contribution < 1.29 is 24.2 Å². The van der Waals surface area contributed by atoms with Crippen LogP contribution in [0.3, 0.4) is 0 Å². The summed E-state index contributed by atoms with van der Waals surface area (Å²) in [6.45, 7) is 0.490. The Kier molecular flexibility index (Phi) is 4.30. The molecule has 0 aliphatic carbocycles. The zero-order valence-corrected chi connectivity index (χ0v) is 14.8. The number of amides is 2. The van der Waals surface area contributed by atoms with Crippen LogP contribution in [0, 0.1) is 0 Å². The smallest absolute Gasteiger partial charge is 0.323 e. The van der Waals surface area contributed by atoms with Crippen LogP contribution in [-0.2, 0) is 11.2 Å². The fourth-order valence-electron chi connectivity index (χ4n) is 3.41. The minimum absolute atomic E-state index is 0.0411. The lowest BCUT2D eigenvalue weighted by Crippen LogP contribution is -2.41. The summed E-state index contributed by atoms with van der Waals surface area (Å²) >= 11 is 0. The van der Waals surface area contributed by atoms with Crippen molar-refractivity contribution in [1.29, 1.82) is 0 Å². The average molecular weight is 383 g/mol. The van der Waals surface area contributed by atoms with Crippen LogP contribution in [0.25, 0.3) is 0 Å². The number of anilines is 2. The van der Waals surface area contributed by atoms with Gasteiger partial charge in [0.2, 0.25) is 5.88 Å². The van der Waals surface area contributed by atoms with Crippen LogP contribution in [0.1, 0.15) is 26.3 Å². The summed E-state index contributed by atoms with van der Waals surface area (Å²) in [5.74, 6) is -1.57. The van der Waals surface area contributed by atoms with Crippen LogP contribution in [0.4, 0.5) is 11.5 Å². The van der Waals surface area contributed by atoms with Gasteiger partial charge in [-0.05, 0) is 30.2 Å². The number of nitrogens with two attached hydrogens (primary N) is 1. The van der Waals surface area contributed by atoms with E-state index in [1.54, 1.807) is 18.2 Å². The highest BCUT2D eigenvalue weighted by molar-refractivity contribution is 6.11. The van der Waals surface area contributed by atoms with E-state index in [0.29, 0.717) is 24.2 Å². The van der Waals surface area contributed by atoms with Crippen molar-refractivity contribution in [1.82, 2.24) is 14.9 Å². The number of ether oxygens (including phenoxy) is 1. The fourth-order valence-corrected chi connectivity index (χ4v) is 3.41. The van der Waals surface area contributed by atoms with Gasteiger partial charge in [-0.15, -0.1) is 0 Å². The molecule has 10 heteroatoms. The lowest BCUT2D eigenvalue weighted by Gasteiger charge is -2.28. The first kappa shape index (κ1) is 17.7. The molecule has 2 aromatic rings. The van der Waals surface area contributed by atoms with Gasteiger partial charge in [0.1, 0.15) is 30.9 Å². The van der Waals surface area contributed by atoms with Crippen LogP contribution >= 0.6 is 0 Å². The molecule has 2 aliphatic rings. The monoisotopic (exact) mass is 383 g/mol. The van der Waals surface area contributed by atoms with E-state index in [1.807, 2.05) is 0 Å². The zero-order chi connectivity index (χ0) is 19.8. The second kappa shape index (κ2) is 6.80. The maximum Gasteiger partial charge on any atom is 0.323 e. The van der Waals surface area contributed by atoms with E-state index in [0.717, 1.165) is 5.56 Å². The molecule has 0 saturated heterocycles. The zero-order valence-electron chi connectivity index (χ0n) is 14.8. The Labute approximate surface area is 159 Å². The molecule has 0 spiro atoms. The summed E-state index contributed by atoms with van der Waals surface area (Å²) in [5.41, 5.74) is 7.77. The van der Waals surface area contributed by atoms with Crippen molar-refractivity contribution in [2.24, 2.45) is 0 Å². The molecule has 4 rings (SSSR count). The van der Waals surface area contributed by atoms with Crippen LogP contribution in [0.2, 0.25) is 0 Å². The number of carbonyl (C=O) groups is 3. The van der Waals surface area contributed by atoms with E-state index in [4.69, 9.17) is 15.6 Å². The minimum Gasteiger partial charge on any atom is -0.480 e. The molecule has 3 heterocycles. The highest BCUT2D eigenvalue weighted by Gasteiger charge is 2.31. The quantitative estimate of drug-likeness (QED) is 0.765. The standard InChI is InChI=1S/C18H17N5O5/c19-15-14-16(21-9-20-15)28-6-5-23(18(14)27)11-1-2-12-10(7-11)3-4-22(17(12)26)8-13(24)25/h1-2,7,9H,3-6,8H2,(H,24,25)(H2,19,20,21). The Bertz CT molecular complexity index is 992. The Balaban J connectivity index is 1.66. The molecule has 144 valence electrons. The lowest BCUT2D eigenvalue weighted by atomic mass is 9.97. The molecule has 0 atom stereocenters. The van der Waals surface area contributed by atoms with Gasteiger partial charge in [0.05, 0.1) is 6.54 Å². The predicted molar refractivity (Wildman–Crippen MR) is 97.3 cm³/mol. The van der Waals surface area contributed by atoms with Crippen LogP contribution in [0.15, 0.2) is 24.5 Å². The van der Waals surface area contributed by atoms with Gasteiger partial charge in [0.15, 0.2) is 0 Å². The second-order valence-corrected chi connectivity index (χ2v) is 6.46. The van der Waals surface area contributed by atoms with Gasteiger partial charge in [-0.3, -0.25) is 14.4 Å². The number of benzene rings is 1. The first-order chi connectivity index (χ1) is 13.5. The van der Waals surface area contributed by atoms with E-state index >= 15 is 0 Å². The highest BCUT2D eigenvalue weighted by Crippen LogP contribution is 2.30. The molecule has 0 radical (unpaired) electrons. The largest absolute Gasteiger partial charge is 0.480 e. The molecule has 10 nitrogen and oxygen atoms in total. The first-order valence-electron chi connectivity index (χ1n) is 8.65. The van der Waals surface area contributed by atoms with Crippen molar-refractivity contribution >= 4 is 29.3 Å². The van der Waals surface area contributed by atoms with Crippen molar-refractivity contribution in [3.8, 4) is 5.88 Å². The molecule has 0 fully saturated rings. The summed E-state index contributed by atoms with van der Waals surface area (Å²) < 4.78 is 5.52. The fraction of sp³-hybridized carbons (Fsp3) is 0.278. The number of rotatable bonds is 3. The predicted octanol–water partition coefficient (Wildman–Crippen LogP) is 0.181. The summed E-state index contributed by atoms with van der Waals surface area (Å²) in [7, 11) is 0. The van der Waals surface area contributed by atoms with Crippen molar-refractivity contribution in [3.05, 3.63) is 41.2 Å². The summed E-state index contributed by atoms with van der Waals surface area (Å²) in [6.07, 6.45) is 1.74. The lowest BCUT2D eigenvalue weighted by molar-refractivity contribution is -0.137. The van der Waals surface area contributed by atoms with Crippen molar-refractivity contribution in [3.63, 3.8) is 0 Å². The number of carboxylic acid groups (broad SMARTS) is 1. The van der Waals surface area contributed by atoms with Crippen LogP contribution < -0.4 is 15.4 Å². The molecule has 2 amide bonds. The number of aliphatic carboxylic acids is 1. The third-order valence-corrected chi connectivity index (χ3v) is 4.75. The third kappa shape index (κ3) is 2.98. The van der Waals surface area contributed by atoms with E-state index in [1.165, 1.54) is 16.1 Å². The van der Waals surface area contributed by atoms with Gasteiger partial charge in [-0.25, -0.2) is 9.97 Å². The topological polar surface area (TPSA) is 139 Å². The number of nitrogens with zero attached hydrogens (tertiary/aromatic N) is 4. The maximum absolute atomic E-state index is 13.0. The molecule has 0 saturated carbocycles. The van der Waals surface area contributed by atoms with E-state index < -0.39 is 5.97 Å². The molecular weight excluding hydrogens is 366 g/mol. The number of hydrogen-bond acceptors (Lipinski definition) is 7. The number of aromatic nitrogens is 2. The van der Waals surface area contributed by atoms with Gasteiger partial charge in [-0.2, -0.15) is 0 Å². The normalized spacial score (nSPS) is 16.1. The maximum atomic E-state index is 13.0. The number of fused-ring (bicyclic) bond motifs is 2. The van der Waals surface area contributed by atoms with Gasteiger partial charge >= 0.3 is 5.97 Å². The van der Waals surface area contributed by atoms with E-state index in [9.17, 15) is 14.4 Å². The average Bonchev–Trinajstić information content (AvgIpc) is 2.83. The van der Waals surface area contributed by atoms with Gasteiger partial charge in [0, 0.05) is 17.8 Å². The van der Waals surface area contributed by atoms with E-state index in [2.05, 4.69) is 9.97 Å². The molecule has 0 unspecified atom stereocenters. The molecule has 0 bridgehead atoms. The Hall–Kier alpha value is -3.69. The van der Waals surface area contributed by atoms with E-state index in [-0.39, 0.29) is 48.8 Å². The molecule has 2 aliphatic heterocycles. The molecular formula is C18H17N5O5. The number of carbonyl (C=O) groups excluding carboxylic acids is 2. The number of nitrogen functional groups attached to an aromatic ring is 1. The SMILES string of the molecule is Nc1ncnc2c1C(=O)N(c1ccc3c(c1)CCN(CC(=O)O)C3=O)CCO2. The Morgan fingerprint density at radius 1 is 1.21 bits per heavy atom. The summed E-state index contributed by atoms with van der Waals surface area (Å²) in [6, 6.07) is 5.05. The Morgan fingerprint density at radius 3 is 2.82 bits per heavy atom. The molecule has 3 N–H and O–H groups in total. The highest BCUT2D eigenvalue weighted by atomic mass is 16.5. The van der Waals surface area contributed by atoms with Crippen LogP contribution in [-0.4, -0.2) is 64.0 Å². The summed E-state index contributed by atoms with van der Waals surface area (Å²) in [4.78, 5) is 47.1. The molecule has 28 heavy (non-hydrogen) atoms. The third-order valence-electron chi connectivity index (χ3n) is 4.75. The van der Waals surface area contributed by atoms with Crippen LogP contribution in [0.5, 0.6) is 5.88 Å². The van der Waals surface area contributed by atoms with Crippen molar-refractivity contribution in [2.75, 3.05) is 36.9 Å². The van der Waals surface area contributed by atoms with Gasteiger partial charge in [0.25, 0.3) is 11.8 Å². The number of carboxylic acids is 1. The Morgan fingerprint density at radius 2 is 2.04 bits per heavy atom. The van der Waals surface area contributed by atoms with Gasteiger partial charge in [-0.1, -0.05) is 0 Å². The second-order valence-electron chi connectivity index (χ2n) is 6.46.